The summed E-state index contributed by atoms with van der Waals surface area (Å²) in [5.41, 5.74) is 3.54. The maximum atomic E-state index is 12.7. The number of allylic oxidation sites excluding steroid dienone is 3. The molecule has 0 aliphatic carbocycles. The van der Waals surface area contributed by atoms with E-state index in [9.17, 15) is 15.0 Å². The lowest BCUT2D eigenvalue weighted by Gasteiger charge is -2.30. The molecule has 0 saturated carbocycles. The fourth-order valence-corrected chi connectivity index (χ4v) is 3.57. The molecule has 0 fully saturated rings. The number of para-hydroxylation sites is 1. The van der Waals surface area contributed by atoms with Crippen LogP contribution in [0.5, 0.6) is 5.75 Å². The molecule has 3 rings (SSSR count). The largest absolute Gasteiger partial charge is 0.484 e. The first-order chi connectivity index (χ1) is 13.8. The molecule has 0 bridgehead atoms. The average Bonchev–Trinajstić information content (AvgIpc) is 2.67. The third-order valence-electron chi connectivity index (χ3n) is 5.05. The van der Waals surface area contributed by atoms with Gasteiger partial charge in [-0.05, 0) is 57.4 Å². The lowest BCUT2D eigenvalue weighted by Crippen LogP contribution is -2.28. The number of Topliss-reactive ketones (excluding diaryl/α,β-unsaturated/α-hetero) is 1. The predicted molar refractivity (Wildman–Crippen MR) is 114 cm³/mol. The highest BCUT2D eigenvalue weighted by Crippen LogP contribution is 2.41. The van der Waals surface area contributed by atoms with E-state index in [1.165, 1.54) is 11.6 Å². The van der Waals surface area contributed by atoms with E-state index in [-0.39, 0.29) is 23.5 Å². The van der Waals surface area contributed by atoms with Crippen LogP contribution in [0.3, 0.4) is 0 Å². The van der Waals surface area contributed by atoms with Crippen molar-refractivity contribution in [1.29, 1.82) is 0 Å². The summed E-state index contributed by atoms with van der Waals surface area (Å²) in [4.78, 5) is 12.7. The molecule has 1 heterocycles. The molecule has 0 saturated heterocycles. The van der Waals surface area contributed by atoms with Crippen LogP contribution in [0, 0.1) is 0 Å². The van der Waals surface area contributed by atoms with Gasteiger partial charge in [0.2, 0.25) is 5.79 Å². The van der Waals surface area contributed by atoms with Crippen LogP contribution in [0.2, 0.25) is 0 Å². The normalized spacial score (nSPS) is 16.8. The van der Waals surface area contributed by atoms with E-state index in [0.29, 0.717) is 5.56 Å². The second kappa shape index (κ2) is 8.76. The Balaban J connectivity index is 1.92. The van der Waals surface area contributed by atoms with Gasteiger partial charge < -0.3 is 14.9 Å². The van der Waals surface area contributed by atoms with E-state index < -0.39 is 11.9 Å². The Morgan fingerprint density at radius 1 is 1.10 bits per heavy atom. The molecule has 1 aliphatic rings. The Kier molecular flexibility index (Phi) is 6.36. The van der Waals surface area contributed by atoms with Gasteiger partial charge in [-0.1, -0.05) is 53.6 Å². The number of hydrogen-bond donors (Lipinski definition) is 2. The summed E-state index contributed by atoms with van der Waals surface area (Å²) >= 11 is 0. The molecule has 0 unspecified atom stereocenters. The average molecular weight is 392 g/mol. The van der Waals surface area contributed by atoms with Crippen molar-refractivity contribution in [2.75, 3.05) is 0 Å². The van der Waals surface area contributed by atoms with Gasteiger partial charge in [-0.25, -0.2) is 0 Å². The Hall–Kier alpha value is -2.69. The number of carbonyl (C=O) groups excluding carboxylic acids is 1. The summed E-state index contributed by atoms with van der Waals surface area (Å²) in [5, 5.41) is 21.7. The number of ether oxygens (including phenoxy) is 1. The van der Waals surface area contributed by atoms with Gasteiger partial charge in [-0.2, -0.15) is 0 Å². The predicted octanol–water partition coefficient (Wildman–Crippen LogP) is 5.22. The molecule has 0 aromatic heterocycles. The maximum absolute atomic E-state index is 12.7. The molecule has 29 heavy (non-hydrogen) atoms. The summed E-state index contributed by atoms with van der Waals surface area (Å²) in [6.07, 6.45) is 4.87. The third kappa shape index (κ3) is 5.03. The SMILES string of the molecule is CC(C)=CCC/C(C)=C/C(O)(O)c1cccc2c1O[C@@H](c1ccccc1)CC2=O. The summed E-state index contributed by atoms with van der Waals surface area (Å²) in [6, 6.07) is 14.4. The third-order valence-corrected chi connectivity index (χ3v) is 5.05. The van der Waals surface area contributed by atoms with Crippen molar-refractivity contribution in [2.24, 2.45) is 0 Å². The van der Waals surface area contributed by atoms with Crippen molar-refractivity contribution in [3.8, 4) is 5.75 Å². The van der Waals surface area contributed by atoms with Gasteiger partial charge in [0.25, 0.3) is 0 Å². The highest BCUT2D eigenvalue weighted by atomic mass is 16.5. The fraction of sp³-hybridized carbons (Fsp3) is 0.320. The number of ketones is 1. The number of fused-ring (bicyclic) bond motifs is 1. The van der Waals surface area contributed by atoms with Crippen LogP contribution >= 0.6 is 0 Å². The Morgan fingerprint density at radius 3 is 2.52 bits per heavy atom. The van der Waals surface area contributed by atoms with Gasteiger partial charge in [-0.15, -0.1) is 0 Å². The molecule has 152 valence electrons. The van der Waals surface area contributed by atoms with Crippen molar-refractivity contribution in [1.82, 2.24) is 0 Å². The van der Waals surface area contributed by atoms with E-state index in [2.05, 4.69) is 6.08 Å². The highest BCUT2D eigenvalue weighted by Gasteiger charge is 2.35. The zero-order valence-corrected chi connectivity index (χ0v) is 17.2. The number of hydrogen-bond acceptors (Lipinski definition) is 4. The van der Waals surface area contributed by atoms with Gasteiger partial charge in [-0.3, -0.25) is 4.79 Å². The van der Waals surface area contributed by atoms with Gasteiger partial charge in [0.15, 0.2) is 5.78 Å². The van der Waals surface area contributed by atoms with E-state index in [1.54, 1.807) is 18.2 Å². The van der Waals surface area contributed by atoms with Crippen LogP contribution in [0.4, 0.5) is 0 Å². The first-order valence-corrected chi connectivity index (χ1v) is 9.92. The van der Waals surface area contributed by atoms with E-state index in [0.717, 1.165) is 24.0 Å². The van der Waals surface area contributed by atoms with Crippen LogP contribution in [0.25, 0.3) is 0 Å². The minimum atomic E-state index is -2.22. The molecular weight excluding hydrogens is 364 g/mol. The molecule has 2 aromatic carbocycles. The van der Waals surface area contributed by atoms with Crippen LogP contribution < -0.4 is 4.74 Å². The summed E-state index contributed by atoms with van der Waals surface area (Å²) in [5.74, 6) is -2.04. The first kappa shape index (κ1) is 21.0. The van der Waals surface area contributed by atoms with Crippen molar-refractivity contribution in [3.63, 3.8) is 0 Å². The molecule has 1 aliphatic heterocycles. The number of aliphatic hydroxyl groups is 2. The Morgan fingerprint density at radius 2 is 1.83 bits per heavy atom. The van der Waals surface area contributed by atoms with Crippen LogP contribution in [-0.4, -0.2) is 16.0 Å². The molecule has 1 atom stereocenters. The van der Waals surface area contributed by atoms with Crippen molar-refractivity contribution in [2.45, 2.75) is 51.9 Å². The van der Waals surface area contributed by atoms with Crippen molar-refractivity contribution >= 4 is 5.78 Å². The van der Waals surface area contributed by atoms with E-state index in [4.69, 9.17) is 4.74 Å². The number of carbonyl (C=O) groups is 1. The smallest absolute Gasteiger partial charge is 0.214 e. The monoisotopic (exact) mass is 392 g/mol. The fourth-order valence-electron chi connectivity index (χ4n) is 3.57. The molecule has 0 amide bonds. The topological polar surface area (TPSA) is 66.8 Å². The van der Waals surface area contributed by atoms with Crippen molar-refractivity contribution < 1.29 is 19.7 Å². The zero-order chi connectivity index (χ0) is 21.0. The molecule has 4 heteroatoms. The number of rotatable bonds is 6. The molecular formula is C25H28O4. The Labute approximate surface area is 172 Å². The highest BCUT2D eigenvalue weighted by molar-refractivity contribution is 6.00. The van der Waals surface area contributed by atoms with Gasteiger partial charge in [0, 0.05) is 0 Å². The second-order valence-electron chi connectivity index (χ2n) is 7.86. The molecule has 2 N–H and O–H groups in total. The Bertz CT molecular complexity index is 935. The summed E-state index contributed by atoms with van der Waals surface area (Å²) < 4.78 is 6.12. The zero-order valence-electron chi connectivity index (χ0n) is 17.2. The molecule has 4 nitrogen and oxygen atoms in total. The van der Waals surface area contributed by atoms with E-state index in [1.807, 2.05) is 51.1 Å². The summed E-state index contributed by atoms with van der Waals surface area (Å²) in [6.45, 7) is 5.94. The first-order valence-electron chi connectivity index (χ1n) is 9.92. The minimum absolute atomic E-state index is 0.0676. The standard InChI is InChI=1S/C25H28O4/c1-17(2)9-7-10-18(3)16-25(27,28)21-14-8-13-20-22(26)15-23(29-24(20)21)19-11-5-4-6-12-19/h4-6,8-9,11-14,16,23,27-28H,7,10,15H2,1-3H3/b18-16+/t23-/m1/s1. The molecule has 0 radical (unpaired) electrons. The minimum Gasteiger partial charge on any atom is -0.484 e. The second-order valence-corrected chi connectivity index (χ2v) is 7.86. The maximum Gasteiger partial charge on any atom is 0.214 e. The van der Waals surface area contributed by atoms with Crippen LogP contribution in [0.1, 0.15) is 67.6 Å². The van der Waals surface area contributed by atoms with Gasteiger partial charge >= 0.3 is 0 Å². The molecule has 0 spiro atoms. The van der Waals surface area contributed by atoms with Crippen molar-refractivity contribution in [3.05, 3.63) is 88.5 Å². The molecule has 2 aromatic rings. The van der Waals surface area contributed by atoms with Crippen LogP contribution in [0.15, 0.2) is 71.8 Å². The van der Waals surface area contributed by atoms with Gasteiger partial charge in [0.05, 0.1) is 17.5 Å². The lowest BCUT2D eigenvalue weighted by atomic mass is 9.91. The van der Waals surface area contributed by atoms with E-state index >= 15 is 0 Å². The van der Waals surface area contributed by atoms with Gasteiger partial charge in [0.1, 0.15) is 11.9 Å². The summed E-state index contributed by atoms with van der Waals surface area (Å²) in [7, 11) is 0. The lowest BCUT2D eigenvalue weighted by molar-refractivity contribution is -0.127. The van der Waals surface area contributed by atoms with Crippen LogP contribution in [-0.2, 0) is 5.79 Å². The quantitative estimate of drug-likeness (QED) is 0.522. The number of benzene rings is 2.